The zero-order valence-corrected chi connectivity index (χ0v) is 20.7. The maximum atomic E-state index is 13.4. The number of nitrogens with zero attached hydrogens (tertiary/aromatic N) is 2. The number of amides is 1. The number of anilines is 1. The molecule has 2 heterocycles. The Balaban J connectivity index is 1.42. The number of likely N-dealkylation sites (tertiary alicyclic amines) is 1. The highest BCUT2D eigenvalue weighted by atomic mass is 35.5. The molecule has 33 heavy (non-hydrogen) atoms. The van der Waals surface area contributed by atoms with E-state index in [0.29, 0.717) is 18.8 Å². The van der Waals surface area contributed by atoms with Gasteiger partial charge in [0.1, 0.15) is 0 Å². The summed E-state index contributed by atoms with van der Waals surface area (Å²) in [6.45, 7) is 6.40. The summed E-state index contributed by atoms with van der Waals surface area (Å²) in [6.07, 6.45) is 4.91. The number of carbonyl (C=O) groups is 1. The predicted molar refractivity (Wildman–Crippen MR) is 133 cm³/mol. The average Bonchev–Trinajstić information content (AvgIpc) is 2.82. The molecule has 1 fully saturated rings. The smallest absolute Gasteiger partial charge is 0.264 e. The molecule has 2 aromatic carbocycles. The summed E-state index contributed by atoms with van der Waals surface area (Å²) < 4.78 is 28.3. The van der Waals surface area contributed by atoms with E-state index in [4.69, 9.17) is 11.6 Å². The molecule has 0 unspecified atom stereocenters. The van der Waals surface area contributed by atoms with Gasteiger partial charge in [-0.25, -0.2) is 8.42 Å². The van der Waals surface area contributed by atoms with Crippen molar-refractivity contribution in [2.75, 3.05) is 37.0 Å². The summed E-state index contributed by atoms with van der Waals surface area (Å²) in [5.74, 6) is 0.452. The summed E-state index contributed by atoms with van der Waals surface area (Å²) in [5.41, 5.74) is 1.91. The van der Waals surface area contributed by atoms with Crippen LogP contribution in [0.3, 0.4) is 0 Å². The number of carbonyl (C=O) groups excluding carboxylic acids is 1. The van der Waals surface area contributed by atoms with Gasteiger partial charge in [-0.15, -0.1) is 0 Å². The van der Waals surface area contributed by atoms with Crippen molar-refractivity contribution < 1.29 is 13.2 Å². The van der Waals surface area contributed by atoms with E-state index in [9.17, 15) is 13.2 Å². The second kappa shape index (κ2) is 10.5. The Morgan fingerprint density at radius 1 is 1.12 bits per heavy atom. The molecule has 1 saturated heterocycles. The first-order chi connectivity index (χ1) is 15.9. The molecule has 1 amide bonds. The first kappa shape index (κ1) is 24.0. The van der Waals surface area contributed by atoms with Gasteiger partial charge in [-0.1, -0.05) is 36.7 Å². The number of hydrogen-bond acceptors (Lipinski definition) is 4. The monoisotopic (exact) mass is 489 g/mol. The fourth-order valence-corrected chi connectivity index (χ4v) is 6.37. The Kier molecular flexibility index (Phi) is 7.62. The standard InChI is InChI=1S/C25H32ClN3O3S/c1-19-11-16-28(17-12-19)14-5-13-27-25(30)22-18-21(9-10-23(22)26)33(31,32)29-15-4-7-20-6-2-3-8-24(20)29/h2-3,6,8-10,18-19H,4-5,7,11-17H2,1H3,(H,27,30). The molecule has 178 valence electrons. The van der Waals surface area contributed by atoms with Crippen LogP contribution in [0, 0.1) is 5.92 Å². The predicted octanol–water partition coefficient (Wildman–Crippen LogP) is 4.33. The minimum Gasteiger partial charge on any atom is -0.352 e. The van der Waals surface area contributed by atoms with Crippen LogP contribution in [0.5, 0.6) is 0 Å². The quantitative estimate of drug-likeness (QED) is 0.587. The van der Waals surface area contributed by atoms with E-state index < -0.39 is 10.0 Å². The third-order valence-corrected chi connectivity index (χ3v) is 8.79. The van der Waals surface area contributed by atoms with Crippen LogP contribution in [-0.2, 0) is 16.4 Å². The number of fused-ring (bicyclic) bond motifs is 1. The average molecular weight is 490 g/mol. The zero-order chi connectivity index (χ0) is 23.4. The van der Waals surface area contributed by atoms with Crippen LogP contribution in [0.15, 0.2) is 47.4 Å². The van der Waals surface area contributed by atoms with Crippen molar-refractivity contribution in [3.05, 3.63) is 58.6 Å². The highest BCUT2D eigenvalue weighted by Gasteiger charge is 2.30. The molecule has 0 aromatic heterocycles. The van der Waals surface area contributed by atoms with Crippen LogP contribution in [0.25, 0.3) is 0 Å². The van der Waals surface area contributed by atoms with Crippen molar-refractivity contribution in [3.63, 3.8) is 0 Å². The number of piperidine rings is 1. The molecular formula is C25H32ClN3O3S. The molecule has 4 rings (SSSR count). The van der Waals surface area contributed by atoms with E-state index in [1.165, 1.54) is 35.3 Å². The summed E-state index contributed by atoms with van der Waals surface area (Å²) in [5, 5.41) is 3.15. The maximum Gasteiger partial charge on any atom is 0.264 e. The fraction of sp³-hybridized carbons (Fsp3) is 0.480. The number of aryl methyl sites for hydroxylation is 1. The first-order valence-corrected chi connectivity index (χ1v) is 13.6. The Morgan fingerprint density at radius 3 is 2.67 bits per heavy atom. The second-order valence-electron chi connectivity index (χ2n) is 9.08. The lowest BCUT2D eigenvalue weighted by molar-refractivity contribution is 0.0950. The number of nitrogens with one attached hydrogen (secondary N) is 1. The number of rotatable bonds is 7. The Morgan fingerprint density at radius 2 is 1.88 bits per heavy atom. The van der Waals surface area contributed by atoms with Gasteiger partial charge in [-0.3, -0.25) is 9.10 Å². The Hall–Kier alpha value is -2.09. The van der Waals surface area contributed by atoms with Gasteiger partial charge in [0, 0.05) is 13.1 Å². The van der Waals surface area contributed by atoms with Gasteiger partial charge in [-0.05, 0) is 87.5 Å². The molecule has 1 N–H and O–H groups in total. The van der Waals surface area contributed by atoms with Crippen molar-refractivity contribution in [3.8, 4) is 0 Å². The van der Waals surface area contributed by atoms with Crippen LogP contribution < -0.4 is 9.62 Å². The summed E-state index contributed by atoms with van der Waals surface area (Å²) in [4.78, 5) is 15.3. The third-order valence-electron chi connectivity index (χ3n) is 6.65. The Labute approximate surface area is 202 Å². The molecule has 2 aliphatic rings. The maximum absolute atomic E-state index is 13.4. The molecule has 0 radical (unpaired) electrons. The molecule has 2 aliphatic heterocycles. The largest absolute Gasteiger partial charge is 0.352 e. The zero-order valence-electron chi connectivity index (χ0n) is 19.1. The molecular weight excluding hydrogens is 458 g/mol. The van der Waals surface area contributed by atoms with Gasteiger partial charge in [0.15, 0.2) is 0 Å². The number of benzene rings is 2. The van der Waals surface area contributed by atoms with Gasteiger partial charge in [0.2, 0.25) is 0 Å². The highest BCUT2D eigenvalue weighted by molar-refractivity contribution is 7.92. The van der Waals surface area contributed by atoms with E-state index in [0.717, 1.165) is 50.4 Å². The van der Waals surface area contributed by atoms with Gasteiger partial charge < -0.3 is 10.2 Å². The van der Waals surface area contributed by atoms with Crippen LogP contribution >= 0.6 is 11.6 Å². The number of sulfonamides is 1. The van der Waals surface area contributed by atoms with E-state index >= 15 is 0 Å². The van der Waals surface area contributed by atoms with Crippen LogP contribution in [0.4, 0.5) is 5.69 Å². The van der Waals surface area contributed by atoms with Crippen LogP contribution in [0.1, 0.15) is 48.5 Å². The lowest BCUT2D eigenvalue weighted by Gasteiger charge is -2.30. The first-order valence-electron chi connectivity index (χ1n) is 11.8. The number of halogens is 1. The molecule has 0 spiro atoms. The van der Waals surface area contributed by atoms with Crippen molar-refractivity contribution in [1.29, 1.82) is 0 Å². The minimum atomic E-state index is -3.80. The number of hydrogen-bond donors (Lipinski definition) is 1. The van der Waals surface area contributed by atoms with Gasteiger partial charge >= 0.3 is 0 Å². The molecule has 8 heteroatoms. The second-order valence-corrected chi connectivity index (χ2v) is 11.4. The van der Waals surface area contributed by atoms with Crippen LogP contribution in [-0.4, -0.2) is 51.9 Å². The van der Waals surface area contributed by atoms with E-state index in [-0.39, 0.29) is 21.4 Å². The summed E-state index contributed by atoms with van der Waals surface area (Å²) in [6, 6.07) is 11.9. The van der Waals surface area contributed by atoms with Crippen molar-refractivity contribution in [1.82, 2.24) is 10.2 Å². The van der Waals surface area contributed by atoms with Crippen molar-refractivity contribution in [2.45, 2.75) is 43.9 Å². The molecule has 6 nitrogen and oxygen atoms in total. The molecule has 0 saturated carbocycles. The molecule has 0 bridgehead atoms. The number of para-hydroxylation sites is 1. The topological polar surface area (TPSA) is 69.7 Å². The van der Waals surface area contributed by atoms with Crippen molar-refractivity contribution >= 4 is 33.2 Å². The van der Waals surface area contributed by atoms with Gasteiger partial charge in [0.25, 0.3) is 15.9 Å². The normalized spacial score (nSPS) is 17.6. The van der Waals surface area contributed by atoms with E-state index in [1.807, 2.05) is 24.3 Å². The molecule has 0 aliphatic carbocycles. The van der Waals surface area contributed by atoms with E-state index in [2.05, 4.69) is 17.1 Å². The summed E-state index contributed by atoms with van der Waals surface area (Å²) >= 11 is 6.28. The summed E-state index contributed by atoms with van der Waals surface area (Å²) in [7, 11) is -3.80. The van der Waals surface area contributed by atoms with Crippen molar-refractivity contribution in [2.24, 2.45) is 5.92 Å². The molecule has 0 atom stereocenters. The lowest BCUT2D eigenvalue weighted by Crippen LogP contribution is -2.36. The SMILES string of the molecule is CC1CCN(CCCNC(=O)c2cc(S(=O)(=O)N3CCCc4ccccc43)ccc2Cl)CC1. The Bertz CT molecular complexity index is 1100. The highest BCUT2D eigenvalue weighted by Crippen LogP contribution is 2.32. The van der Waals surface area contributed by atoms with E-state index in [1.54, 1.807) is 0 Å². The third kappa shape index (κ3) is 5.53. The minimum absolute atomic E-state index is 0.0798. The van der Waals surface area contributed by atoms with Gasteiger partial charge in [-0.2, -0.15) is 0 Å². The fourth-order valence-electron chi connectivity index (χ4n) is 4.60. The molecule has 2 aromatic rings. The lowest BCUT2D eigenvalue weighted by atomic mass is 9.99. The van der Waals surface area contributed by atoms with Crippen LogP contribution in [0.2, 0.25) is 5.02 Å². The van der Waals surface area contributed by atoms with Gasteiger partial charge in [0.05, 0.1) is 21.2 Å².